The Morgan fingerprint density at radius 2 is 2.31 bits per heavy atom. The first kappa shape index (κ1) is 12.6. The van der Waals surface area contributed by atoms with E-state index in [0.717, 1.165) is 18.6 Å². The molecule has 90 valence electrons. The van der Waals surface area contributed by atoms with Gasteiger partial charge in [0.25, 0.3) is 6.30 Å². The molecule has 0 aliphatic carbocycles. The zero-order valence-electron chi connectivity index (χ0n) is 8.75. The number of hydrogen-bond acceptors (Lipinski definition) is 5. The Morgan fingerprint density at radius 3 is 2.75 bits per heavy atom. The Hall–Kier alpha value is -1.44. The molecule has 8 heteroatoms. The number of esters is 1. The van der Waals surface area contributed by atoms with Gasteiger partial charge in [0, 0.05) is 12.5 Å². The van der Waals surface area contributed by atoms with Crippen LogP contribution in [0.25, 0.3) is 0 Å². The van der Waals surface area contributed by atoms with Gasteiger partial charge in [-0.2, -0.15) is 5.10 Å². The van der Waals surface area contributed by atoms with Crippen molar-refractivity contribution in [2.45, 2.75) is 18.1 Å². The zero-order valence-corrected chi connectivity index (χ0v) is 9.57. The molecule has 0 aromatic carbocycles. The summed E-state index contributed by atoms with van der Waals surface area (Å²) in [6, 6.07) is 0. The number of hydrogen-bond donors (Lipinski definition) is 0. The smallest absolute Gasteiger partial charge is 0.363 e. The van der Waals surface area contributed by atoms with E-state index in [1.807, 2.05) is 0 Å². The molecule has 0 N–H and O–H groups in total. The van der Waals surface area contributed by atoms with Crippen molar-refractivity contribution in [1.29, 1.82) is 0 Å². The van der Waals surface area contributed by atoms with Crippen LogP contribution in [0.4, 0.5) is 4.39 Å². The fraction of sp³-hybridized carbons (Fsp3) is 0.500. The molecule has 0 aliphatic rings. The highest BCUT2D eigenvalue weighted by molar-refractivity contribution is 7.90. The first-order valence-corrected chi connectivity index (χ1v) is 6.30. The maximum atomic E-state index is 13.3. The Bertz CT molecular complexity index is 482. The number of halogens is 1. The van der Waals surface area contributed by atoms with E-state index >= 15 is 0 Å². The molecular weight excluding hydrogens is 239 g/mol. The second-order valence-electron chi connectivity index (χ2n) is 3.02. The van der Waals surface area contributed by atoms with Crippen LogP contribution in [0.3, 0.4) is 0 Å². The number of alkyl halides is 1. The molecule has 1 aromatic heterocycles. The van der Waals surface area contributed by atoms with Crippen molar-refractivity contribution >= 4 is 15.8 Å². The summed E-state index contributed by atoms with van der Waals surface area (Å²) < 4.78 is 40.5. The average molecular weight is 250 g/mol. The van der Waals surface area contributed by atoms with E-state index in [1.165, 1.54) is 6.92 Å². The lowest BCUT2D eigenvalue weighted by molar-refractivity contribution is -0.153. The first-order valence-electron chi connectivity index (χ1n) is 4.41. The Balaban J connectivity index is 2.90. The van der Waals surface area contributed by atoms with Crippen LogP contribution in [0.1, 0.15) is 13.2 Å². The fourth-order valence-corrected chi connectivity index (χ4v) is 1.49. The molecule has 0 amide bonds. The SMILES string of the molecule is CCOC(=O)C(F)n1cc(S(C)(=O)=O)cn1. The number of nitrogens with zero attached hydrogens (tertiary/aromatic N) is 2. The molecule has 0 fully saturated rings. The lowest BCUT2D eigenvalue weighted by Crippen LogP contribution is -2.18. The van der Waals surface area contributed by atoms with Crippen molar-refractivity contribution < 1.29 is 22.3 Å². The lowest BCUT2D eigenvalue weighted by atomic mass is 10.6. The number of sulfone groups is 1. The maximum absolute atomic E-state index is 13.3. The maximum Gasteiger partial charge on any atom is 0.363 e. The molecule has 0 bridgehead atoms. The largest absolute Gasteiger partial charge is 0.462 e. The minimum Gasteiger partial charge on any atom is -0.462 e. The highest BCUT2D eigenvalue weighted by Gasteiger charge is 2.23. The van der Waals surface area contributed by atoms with Gasteiger partial charge in [0.1, 0.15) is 4.90 Å². The van der Waals surface area contributed by atoms with E-state index in [0.29, 0.717) is 4.68 Å². The molecule has 1 rings (SSSR count). The topological polar surface area (TPSA) is 78.3 Å². The van der Waals surface area contributed by atoms with Gasteiger partial charge in [0.15, 0.2) is 9.84 Å². The number of ether oxygens (including phenoxy) is 1. The summed E-state index contributed by atoms with van der Waals surface area (Å²) >= 11 is 0. The Labute approximate surface area is 91.9 Å². The van der Waals surface area contributed by atoms with Gasteiger partial charge in [-0.1, -0.05) is 0 Å². The molecule has 16 heavy (non-hydrogen) atoms. The van der Waals surface area contributed by atoms with Gasteiger partial charge in [-0.25, -0.2) is 22.3 Å². The molecule has 0 spiro atoms. The van der Waals surface area contributed by atoms with E-state index in [-0.39, 0.29) is 11.5 Å². The standard InChI is InChI=1S/C8H11FN2O4S/c1-3-15-8(12)7(9)11-5-6(4-10-11)16(2,13)14/h4-5,7H,3H2,1-2H3. The quantitative estimate of drug-likeness (QED) is 0.719. The number of carbonyl (C=O) groups excluding carboxylic acids is 1. The highest BCUT2D eigenvalue weighted by Crippen LogP contribution is 2.13. The summed E-state index contributed by atoms with van der Waals surface area (Å²) in [6.45, 7) is 1.58. The third-order valence-corrected chi connectivity index (χ3v) is 2.79. The van der Waals surface area contributed by atoms with E-state index in [2.05, 4.69) is 9.84 Å². The van der Waals surface area contributed by atoms with Crippen LogP contribution in [0, 0.1) is 0 Å². The second-order valence-corrected chi connectivity index (χ2v) is 5.03. The summed E-state index contributed by atoms with van der Waals surface area (Å²) in [4.78, 5) is 10.8. The van der Waals surface area contributed by atoms with E-state index in [1.54, 1.807) is 0 Å². The van der Waals surface area contributed by atoms with Crippen molar-refractivity contribution in [3.8, 4) is 0 Å². The van der Waals surface area contributed by atoms with Crippen LogP contribution < -0.4 is 0 Å². The minimum atomic E-state index is -3.46. The third kappa shape index (κ3) is 2.78. The predicted octanol–water partition coefficient (Wildman–Crippen LogP) is 0.318. The van der Waals surface area contributed by atoms with Gasteiger partial charge >= 0.3 is 5.97 Å². The Morgan fingerprint density at radius 1 is 1.69 bits per heavy atom. The van der Waals surface area contributed by atoms with Crippen LogP contribution in [-0.4, -0.2) is 37.0 Å². The third-order valence-electron chi connectivity index (χ3n) is 1.72. The summed E-state index contributed by atoms with van der Waals surface area (Å²) in [5, 5.41) is 3.45. The molecular formula is C8H11FN2O4S. The van der Waals surface area contributed by atoms with Crippen molar-refractivity contribution in [2.75, 3.05) is 12.9 Å². The van der Waals surface area contributed by atoms with Crippen LogP contribution in [0.15, 0.2) is 17.3 Å². The average Bonchev–Trinajstić information content (AvgIpc) is 2.65. The Kier molecular flexibility index (Phi) is 3.63. The van der Waals surface area contributed by atoms with Crippen molar-refractivity contribution in [1.82, 2.24) is 9.78 Å². The fourth-order valence-electron chi connectivity index (χ4n) is 0.955. The highest BCUT2D eigenvalue weighted by atomic mass is 32.2. The molecule has 1 aromatic rings. The van der Waals surface area contributed by atoms with Crippen molar-refractivity contribution in [3.05, 3.63) is 12.4 Å². The normalized spacial score (nSPS) is 13.4. The molecule has 0 saturated heterocycles. The number of rotatable bonds is 4. The van der Waals surface area contributed by atoms with E-state index < -0.39 is 22.1 Å². The molecule has 1 atom stereocenters. The molecule has 1 heterocycles. The van der Waals surface area contributed by atoms with E-state index in [4.69, 9.17) is 0 Å². The van der Waals surface area contributed by atoms with Crippen molar-refractivity contribution in [2.24, 2.45) is 0 Å². The molecule has 0 aliphatic heterocycles. The first-order chi connectivity index (χ1) is 7.36. The van der Waals surface area contributed by atoms with Gasteiger partial charge in [-0.15, -0.1) is 0 Å². The zero-order chi connectivity index (χ0) is 12.3. The minimum absolute atomic E-state index is 0.0411. The summed E-state index contributed by atoms with van der Waals surface area (Å²) in [6.07, 6.45) is 0.750. The number of aromatic nitrogens is 2. The monoisotopic (exact) mass is 250 g/mol. The molecule has 1 unspecified atom stereocenters. The van der Waals surface area contributed by atoms with Gasteiger partial charge in [0.05, 0.1) is 12.8 Å². The van der Waals surface area contributed by atoms with Crippen LogP contribution >= 0.6 is 0 Å². The summed E-state index contributed by atoms with van der Waals surface area (Å²) in [7, 11) is -3.46. The summed E-state index contributed by atoms with van der Waals surface area (Å²) in [5.74, 6) is -1.11. The molecule has 6 nitrogen and oxygen atoms in total. The molecule has 0 radical (unpaired) electrons. The lowest BCUT2D eigenvalue weighted by Gasteiger charge is -2.06. The van der Waals surface area contributed by atoms with Gasteiger partial charge in [-0.3, -0.25) is 0 Å². The van der Waals surface area contributed by atoms with Crippen molar-refractivity contribution in [3.63, 3.8) is 0 Å². The van der Waals surface area contributed by atoms with Gasteiger partial charge < -0.3 is 4.74 Å². The van der Waals surface area contributed by atoms with E-state index in [9.17, 15) is 17.6 Å². The summed E-state index contributed by atoms with van der Waals surface area (Å²) in [5.41, 5.74) is 0. The predicted molar refractivity (Wildman–Crippen MR) is 52.1 cm³/mol. The molecule has 0 saturated carbocycles. The van der Waals surface area contributed by atoms with Gasteiger partial charge in [0.2, 0.25) is 0 Å². The number of carbonyl (C=O) groups is 1. The second kappa shape index (κ2) is 4.60. The van der Waals surface area contributed by atoms with Crippen LogP contribution in [0.2, 0.25) is 0 Å². The van der Waals surface area contributed by atoms with Crippen LogP contribution in [-0.2, 0) is 19.4 Å². The van der Waals surface area contributed by atoms with Crippen LogP contribution in [0.5, 0.6) is 0 Å². The van der Waals surface area contributed by atoms with Gasteiger partial charge in [-0.05, 0) is 6.92 Å².